The SMILES string of the molecule is O=C(Nc1ccc2c(c1)OCCO2)c1cc(-c2ccccc2)no1. The molecule has 1 aliphatic rings. The van der Waals surface area contributed by atoms with Gasteiger partial charge in [-0.05, 0) is 12.1 Å². The molecule has 4 rings (SSSR count). The lowest BCUT2D eigenvalue weighted by molar-refractivity contribution is 0.0988. The molecular formula is C18H14N2O4. The van der Waals surface area contributed by atoms with E-state index in [4.69, 9.17) is 14.0 Å². The summed E-state index contributed by atoms with van der Waals surface area (Å²) in [5, 5.41) is 6.70. The number of carbonyl (C=O) groups is 1. The normalized spacial score (nSPS) is 12.7. The molecule has 0 unspecified atom stereocenters. The third-order valence-electron chi connectivity index (χ3n) is 3.60. The molecule has 0 radical (unpaired) electrons. The lowest BCUT2D eigenvalue weighted by atomic mass is 10.1. The summed E-state index contributed by atoms with van der Waals surface area (Å²) in [7, 11) is 0. The first-order valence-corrected chi connectivity index (χ1v) is 7.53. The number of carbonyl (C=O) groups excluding carboxylic acids is 1. The van der Waals surface area contributed by atoms with E-state index in [0.29, 0.717) is 36.1 Å². The minimum Gasteiger partial charge on any atom is -0.486 e. The number of nitrogens with zero attached hydrogens (tertiary/aromatic N) is 1. The Hall–Kier alpha value is -3.28. The first-order valence-electron chi connectivity index (χ1n) is 7.53. The molecule has 0 fully saturated rings. The number of benzene rings is 2. The fraction of sp³-hybridized carbons (Fsp3) is 0.111. The van der Waals surface area contributed by atoms with Gasteiger partial charge in [-0.2, -0.15) is 0 Å². The third-order valence-corrected chi connectivity index (χ3v) is 3.60. The number of hydrogen-bond acceptors (Lipinski definition) is 5. The second-order valence-electron chi connectivity index (χ2n) is 5.25. The highest BCUT2D eigenvalue weighted by Crippen LogP contribution is 2.32. The zero-order chi connectivity index (χ0) is 16.4. The molecule has 0 aliphatic carbocycles. The first-order chi connectivity index (χ1) is 11.8. The topological polar surface area (TPSA) is 73.6 Å². The Bertz CT molecular complexity index is 874. The van der Waals surface area contributed by atoms with Crippen molar-refractivity contribution in [1.82, 2.24) is 5.16 Å². The number of amides is 1. The fourth-order valence-electron chi connectivity index (χ4n) is 2.44. The predicted octanol–water partition coefficient (Wildman–Crippen LogP) is 3.37. The molecule has 6 nitrogen and oxygen atoms in total. The van der Waals surface area contributed by atoms with E-state index >= 15 is 0 Å². The van der Waals surface area contributed by atoms with Gasteiger partial charge in [-0.15, -0.1) is 0 Å². The molecule has 1 aromatic heterocycles. The Kier molecular flexibility index (Phi) is 3.63. The number of fused-ring (bicyclic) bond motifs is 1. The minimum absolute atomic E-state index is 0.142. The number of rotatable bonds is 3. The number of ether oxygens (including phenoxy) is 2. The molecule has 1 N–H and O–H groups in total. The fourth-order valence-corrected chi connectivity index (χ4v) is 2.44. The molecule has 120 valence electrons. The van der Waals surface area contributed by atoms with Gasteiger partial charge in [0.2, 0.25) is 5.76 Å². The van der Waals surface area contributed by atoms with Crippen molar-refractivity contribution in [2.45, 2.75) is 0 Å². The van der Waals surface area contributed by atoms with Crippen LogP contribution in [0.3, 0.4) is 0 Å². The van der Waals surface area contributed by atoms with Gasteiger partial charge in [-0.3, -0.25) is 4.79 Å². The van der Waals surface area contributed by atoms with Gasteiger partial charge in [-0.1, -0.05) is 35.5 Å². The van der Waals surface area contributed by atoms with Crippen LogP contribution in [-0.4, -0.2) is 24.3 Å². The maximum Gasteiger partial charge on any atom is 0.294 e. The Morgan fingerprint density at radius 3 is 2.58 bits per heavy atom. The highest BCUT2D eigenvalue weighted by atomic mass is 16.6. The van der Waals surface area contributed by atoms with Crippen LogP contribution in [0.25, 0.3) is 11.3 Å². The van der Waals surface area contributed by atoms with E-state index < -0.39 is 0 Å². The van der Waals surface area contributed by atoms with E-state index in [-0.39, 0.29) is 11.7 Å². The van der Waals surface area contributed by atoms with E-state index in [1.165, 1.54) is 0 Å². The summed E-state index contributed by atoms with van der Waals surface area (Å²) in [5.41, 5.74) is 2.10. The molecule has 0 atom stereocenters. The third kappa shape index (κ3) is 2.81. The van der Waals surface area contributed by atoms with Crippen molar-refractivity contribution in [3.63, 3.8) is 0 Å². The van der Waals surface area contributed by atoms with Crippen LogP contribution in [0.2, 0.25) is 0 Å². The standard InChI is InChI=1S/C18H14N2O4/c21-18(17-11-14(20-24-17)12-4-2-1-3-5-12)19-13-6-7-15-16(10-13)23-9-8-22-15/h1-7,10-11H,8-9H2,(H,19,21). The minimum atomic E-state index is -0.374. The second-order valence-corrected chi connectivity index (χ2v) is 5.25. The summed E-state index contributed by atoms with van der Waals surface area (Å²) in [5.74, 6) is 1.05. The quantitative estimate of drug-likeness (QED) is 0.800. The van der Waals surface area contributed by atoms with Crippen molar-refractivity contribution in [3.8, 4) is 22.8 Å². The molecule has 3 aromatic rings. The molecule has 2 heterocycles. The lowest BCUT2D eigenvalue weighted by Crippen LogP contribution is -2.16. The van der Waals surface area contributed by atoms with Crippen molar-refractivity contribution in [3.05, 3.63) is 60.4 Å². The van der Waals surface area contributed by atoms with Crippen LogP contribution in [0, 0.1) is 0 Å². The lowest BCUT2D eigenvalue weighted by Gasteiger charge is -2.18. The van der Waals surface area contributed by atoms with Crippen LogP contribution >= 0.6 is 0 Å². The molecule has 0 saturated heterocycles. The number of hydrogen-bond donors (Lipinski definition) is 1. The van der Waals surface area contributed by atoms with Crippen LogP contribution in [0.4, 0.5) is 5.69 Å². The molecule has 6 heteroatoms. The molecule has 1 aliphatic heterocycles. The smallest absolute Gasteiger partial charge is 0.294 e. The summed E-state index contributed by atoms with van der Waals surface area (Å²) in [4.78, 5) is 12.3. The highest BCUT2D eigenvalue weighted by Gasteiger charge is 2.16. The van der Waals surface area contributed by atoms with Crippen molar-refractivity contribution in [2.75, 3.05) is 18.5 Å². The van der Waals surface area contributed by atoms with Gasteiger partial charge >= 0.3 is 0 Å². The summed E-state index contributed by atoms with van der Waals surface area (Å²) in [6.07, 6.45) is 0. The van der Waals surface area contributed by atoms with Crippen LogP contribution in [0.15, 0.2) is 59.1 Å². The molecular weight excluding hydrogens is 308 g/mol. The van der Waals surface area contributed by atoms with E-state index in [1.807, 2.05) is 30.3 Å². The Morgan fingerprint density at radius 1 is 0.958 bits per heavy atom. The van der Waals surface area contributed by atoms with E-state index in [0.717, 1.165) is 5.56 Å². The van der Waals surface area contributed by atoms with E-state index in [2.05, 4.69) is 10.5 Å². The van der Waals surface area contributed by atoms with Gasteiger partial charge in [0.05, 0.1) is 0 Å². The molecule has 24 heavy (non-hydrogen) atoms. The van der Waals surface area contributed by atoms with Crippen LogP contribution < -0.4 is 14.8 Å². The molecule has 0 saturated carbocycles. The van der Waals surface area contributed by atoms with Gasteiger partial charge in [-0.25, -0.2) is 0 Å². The van der Waals surface area contributed by atoms with Gasteiger partial charge in [0.15, 0.2) is 11.5 Å². The molecule has 1 amide bonds. The largest absolute Gasteiger partial charge is 0.486 e. The summed E-state index contributed by atoms with van der Waals surface area (Å²) in [6.45, 7) is 1.02. The van der Waals surface area contributed by atoms with E-state index in [1.54, 1.807) is 24.3 Å². The van der Waals surface area contributed by atoms with Crippen molar-refractivity contribution in [2.24, 2.45) is 0 Å². The average molecular weight is 322 g/mol. The number of nitrogens with one attached hydrogen (secondary N) is 1. The summed E-state index contributed by atoms with van der Waals surface area (Å²) >= 11 is 0. The van der Waals surface area contributed by atoms with Gasteiger partial charge in [0.1, 0.15) is 18.9 Å². The van der Waals surface area contributed by atoms with Crippen molar-refractivity contribution in [1.29, 1.82) is 0 Å². The first kappa shape index (κ1) is 14.3. The van der Waals surface area contributed by atoms with Gasteiger partial charge in [0.25, 0.3) is 5.91 Å². The summed E-state index contributed by atoms with van der Waals surface area (Å²) in [6, 6.07) is 16.4. The Morgan fingerprint density at radius 2 is 1.75 bits per heavy atom. The maximum atomic E-state index is 12.3. The maximum absolute atomic E-state index is 12.3. The molecule has 0 spiro atoms. The second kappa shape index (κ2) is 6.08. The predicted molar refractivity (Wildman–Crippen MR) is 87.3 cm³/mol. The van der Waals surface area contributed by atoms with Gasteiger partial charge in [0, 0.05) is 23.4 Å². The van der Waals surface area contributed by atoms with Crippen molar-refractivity contribution >= 4 is 11.6 Å². The van der Waals surface area contributed by atoms with Crippen LogP contribution in [0.5, 0.6) is 11.5 Å². The van der Waals surface area contributed by atoms with Gasteiger partial charge < -0.3 is 19.3 Å². The van der Waals surface area contributed by atoms with Crippen LogP contribution in [-0.2, 0) is 0 Å². The zero-order valence-electron chi connectivity index (χ0n) is 12.7. The molecule has 2 aromatic carbocycles. The number of anilines is 1. The zero-order valence-corrected chi connectivity index (χ0v) is 12.7. The van der Waals surface area contributed by atoms with Crippen molar-refractivity contribution < 1.29 is 18.8 Å². The monoisotopic (exact) mass is 322 g/mol. The molecule has 0 bridgehead atoms. The Balaban J connectivity index is 1.51. The average Bonchev–Trinajstić information content (AvgIpc) is 3.13. The van der Waals surface area contributed by atoms with E-state index in [9.17, 15) is 4.79 Å². The highest BCUT2D eigenvalue weighted by molar-refractivity contribution is 6.02. The van der Waals surface area contributed by atoms with Crippen LogP contribution in [0.1, 0.15) is 10.6 Å². The Labute approximate surface area is 138 Å². The summed E-state index contributed by atoms with van der Waals surface area (Å²) < 4.78 is 16.1. The number of aromatic nitrogens is 1.